The Kier molecular flexibility index (Phi) is 22.3. The Morgan fingerprint density at radius 3 is 1.25 bits per heavy atom. The van der Waals surface area contributed by atoms with E-state index in [1.165, 1.54) is 0 Å². The summed E-state index contributed by atoms with van der Waals surface area (Å²) in [4.78, 5) is 0. The number of aliphatic hydroxyl groups is 2. The van der Waals surface area contributed by atoms with Gasteiger partial charge in [-0.15, -0.1) is 0 Å². The van der Waals surface area contributed by atoms with Crippen LogP contribution >= 0.6 is 0 Å². The van der Waals surface area contributed by atoms with Crippen LogP contribution in [0, 0.1) is 0 Å². The minimum atomic E-state index is -4.67. The molecule has 0 aliphatic heterocycles. The maximum atomic E-state index is 9.77. The summed E-state index contributed by atoms with van der Waals surface area (Å²) in [6.45, 7) is 7.27. The summed E-state index contributed by atoms with van der Waals surface area (Å²) < 4.78 is 31.6. The van der Waals surface area contributed by atoms with Crippen molar-refractivity contribution >= 4 is 10.4 Å². The van der Waals surface area contributed by atoms with Gasteiger partial charge in [0.1, 0.15) is 11.5 Å². The SMILES string of the molecule is CCCCNCC(O)c1ccc(O)cc1.CCCCNCC(O)c1ccc(O)cc1.O=S(=O)(O)O.[H-].[Na+]. The van der Waals surface area contributed by atoms with Gasteiger partial charge in [-0.1, -0.05) is 51.0 Å². The standard InChI is InChI=1S/2C12H19NO2.Na.H2O4S.H/c2*1-2-3-8-13-9-12(15)10-4-6-11(14)7-5-10;;1-5(2,3)4;/h2*4-7,12-15H,2-3,8-9H2,1H3;;(H2,1,2,3,4);/q;;+1;;-1. The fraction of sp³-hybridized carbons (Fsp3) is 0.500. The predicted molar refractivity (Wildman–Crippen MR) is 137 cm³/mol. The number of benzene rings is 2. The molecule has 36 heavy (non-hydrogen) atoms. The summed E-state index contributed by atoms with van der Waals surface area (Å²) in [6.07, 6.45) is 3.57. The van der Waals surface area contributed by atoms with Crippen molar-refractivity contribution in [1.82, 2.24) is 10.6 Å². The van der Waals surface area contributed by atoms with Crippen molar-refractivity contribution in [2.75, 3.05) is 26.2 Å². The molecule has 2 unspecified atom stereocenters. The first kappa shape index (κ1) is 36.9. The molecule has 0 fully saturated rings. The number of aromatic hydroxyl groups is 2. The number of nitrogens with one attached hydrogen (secondary N) is 2. The molecule has 0 saturated heterocycles. The van der Waals surface area contributed by atoms with Crippen LogP contribution < -0.4 is 40.2 Å². The van der Waals surface area contributed by atoms with Crippen LogP contribution in [0.3, 0.4) is 0 Å². The molecule has 202 valence electrons. The van der Waals surface area contributed by atoms with Crippen molar-refractivity contribution in [3.8, 4) is 11.5 Å². The first-order chi connectivity index (χ1) is 16.5. The second-order valence-corrected chi connectivity index (χ2v) is 8.67. The Labute approximate surface area is 238 Å². The van der Waals surface area contributed by atoms with Crippen LogP contribution in [0.1, 0.15) is 64.3 Å². The van der Waals surface area contributed by atoms with E-state index in [1.54, 1.807) is 48.5 Å². The molecule has 8 N–H and O–H groups in total. The van der Waals surface area contributed by atoms with Crippen molar-refractivity contribution in [3.05, 3.63) is 59.7 Å². The van der Waals surface area contributed by atoms with Crippen molar-refractivity contribution in [2.45, 2.75) is 51.7 Å². The van der Waals surface area contributed by atoms with Gasteiger partial charge < -0.3 is 32.5 Å². The molecule has 0 aliphatic rings. The normalized spacial score (nSPS) is 12.2. The summed E-state index contributed by atoms with van der Waals surface area (Å²) in [5.74, 6) is 0.454. The molecule has 2 atom stereocenters. The van der Waals surface area contributed by atoms with Crippen molar-refractivity contribution < 1.29 is 68.9 Å². The Morgan fingerprint density at radius 2 is 1.00 bits per heavy atom. The van der Waals surface area contributed by atoms with Crippen LogP contribution in [0.25, 0.3) is 0 Å². The van der Waals surface area contributed by atoms with Gasteiger partial charge in [-0.2, -0.15) is 8.42 Å². The van der Waals surface area contributed by atoms with E-state index in [0.717, 1.165) is 49.9 Å². The first-order valence-electron chi connectivity index (χ1n) is 11.5. The third-order valence-electron chi connectivity index (χ3n) is 4.65. The molecule has 0 aliphatic carbocycles. The van der Waals surface area contributed by atoms with E-state index < -0.39 is 22.6 Å². The van der Waals surface area contributed by atoms with Crippen LogP contribution in [0.4, 0.5) is 0 Å². The zero-order chi connectivity index (χ0) is 26.7. The van der Waals surface area contributed by atoms with Crippen LogP contribution in [0.2, 0.25) is 0 Å². The van der Waals surface area contributed by atoms with Crippen LogP contribution in [-0.2, 0) is 10.4 Å². The maximum absolute atomic E-state index is 9.77. The molecular formula is C24H41N2NaO8S. The van der Waals surface area contributed by atoms with Gasteiger partial charge in [0.25, 0.3) is 0 Å². The zero-order valence-electron chi connectivity index (χ0n) is 22.3. The molecule has 0 heterocycles. The smallest absolute Gasteiger partial charge is 1.00 e. The number of hydrogen-bond acceptors (Lipinski definition) is 8. The summed E-state index contributed by atoms with van der Waals surface area (Å²) in [6, 6.07) is 13.3. The minimum Gasteiger partial charge on any atom is -1.00 e. The van der Waals surface area contributed by atoms with Crippen LogP contribution in [-0.4, -0.2) is 64.1 Å². The third kappa shape index (κ3) is 22.0. The van der Waals surface area contributed by atoms with E-state index in [2.05, 4.69) is 24.5 Å². The molecule has 0 spiro atoms. The summed E-state index contributed by atoms with van der Waals surface area (Å²) >= 11 is 0. The molecule has 0 amide bonds. The molecule has 2 rings (SSSR count). The third-order valence-corrected chi connectivity index (χ3v) is 4.65. The number of aliphatic hydroxyl groups excluding tert-OH is 2. The van der Waals surface area contributed by atoms with E-state index in [4.69, 9.17) is 27.7 Å². The monoisotopic (exact) mass is 540 g/mol. The predicted octanol–water partition coefficient (Wildman–Crippen LogP) is 0.0943. The maximum Gasteiger partial charge on any atom is 1.00 e. The molecule has 0 saturated carbocycles. The Bertz CT molecular complexity index is 823. The first-order valence-corrected chi connectivity index (χ1v) is 12.9. The van der Waals surface area contributed by atoms with Crippen LogP contribution in [0.15, 0.2) is 48.5 Å². The van der Waals surface area contributed by atoms with Crippen molar-refractivity contribution in [3.63, 3.8) is 0 Å². The molecule has 0 radical (unpaired) electrons. The molecule has 2 aromatic carbocycles. The number of phenolic OH excluding ortho intramolecular Hbond substituents is 2. The number of hydrogen-bond donors (Lipinski definition) is 8. The molecule has 0 bridgehead atoms. The topological polar surface area (TPSA) is 180 Å². The van der Waals surface area contributed by atoms with E-state index in [-0.39, 0.29) is 42.5 Å². The van der Waals surface area contributed by atoms with Gasteiger partial charge in [0.15, 0.2) is 0 Å². The van der Waals surface area contributed by atoms with Crippen molar-refractivity contribution in [1.29, 1.82) is 0 Å². The molecule has 2 aromatic rings. The number of phenols is 2. The number of unbranched alkanes of at least 4 members (excludes halogenated alkanes) is 2. The van der Waals surface area contributed by atoms with Gasteiger partial charge in [-0.25, -0.2) is 0 Å². The average molecular weight is 541 g/mol. The Hall–Kier alpha value is -1.25. The second kappa shape index (κ2) is 21.8. The van der Waals surface area contributed by atoms with E-state index in [0.29, 0.717) is 13.1 Å². The van der Waals surface area contributed by atoms with Crippen LogP contribution in [0.5, 0.6) is 11.5 Å². The van der Waals surface area contributed by atoms with E-state index in [9.17, 15) is 10.2 Å². The fourth-order valence-electron chi connectivity index (χ4n) is 2.71. The molecule has 0 aromatic heterocycles. The van der Waals surface area contributed by atoms with Gasteiger partial charge in [-0.05, 0) is 61.3 Å². The Morgan fingerprint density at radius 1 is 0.722 bits per heavy atom. The van der Waals surface area contributed by atoms with Gasteiger partial charge in [0.2, 0.25) is 0 Å². The largest absolute Gasteiger partial charge is 1.00 e. The average Bonchev–Trinajstić information content (AvgIpc) is 2.79. The van der Waals surface area contributed by atoms with Gasteiger partial charge >= 0.3 is 40.0 Å². The second-order valence-electron chi connectivity index (χ2n) is 7.78. The fourth-order valence-corrected chi connectivity index (χ4v) is 2.71. The molecule has 12 heteroatoms. The van der Waals surface area contributed by atoms with Gasteiger partial charge in [0, 0.05) is 13.1 Å². The van der Waals surface area contributed by atoms with Gasteiger partial charge in [-0.3, -0.25) is 9.11 Å². The summed E-state index contributed by atoms with van der Waals surface area (Å²) in [7, 11) is -4.67. The van der Waals surface area contributed by atoms with E-state index in [1.807, 2.05) is 0 Å². The minimum absolute atomic E-state index is 0. The summed E-state index contributed by atoms with van der Waals surface area (Å²) in [5.41, 5.74) is 1.66. The Balaban J connectivity index is -0.000000506. The van der Waals surface area contributed by atoms with Crippen molar-refractivity contribution in [2.24, 2.45) is 0 Å². The van der Waals surface area contributed by atoms with E-state index >= 15 is 0 Å². The molecule has 10 nitrogen and oxygen atoms in total. The number of rotatable bonds is 12. The zero-order valence-corrected chi connectivity index (χ0v) is 24.2. The summed E-state index contributed by atoms with van der Waals surface area (Å²) in [5, 5.41) is 44.1. The molecular weight excluding hydrogens is 499 g/mol. The van der Waals surface area contributed by atoms with Gasteiger partial charge in [0.05, 0.1) is 12.2 Å². The quantitative estimate of drug-likeness (QED) is 0.104.